The van der Waals surface area contributed by atoms with Crippen LogP contribution < -0.4 is 0 Å². The van der Waals surface area contributed by atoms with Crippen LogP contribution in [-0.2, 0) is 4.79 Å². The number of carbonyl (C=O) groups excluding carboxylic acids is 1. The van der Waals surface area contributed by atoms with Crippen LogP contribution in [0.2, 0.25) is 0 Å². The smallest absolute Gasteiger partial charge is 0.151 e. The minimum atomic E-state index is -1.79. The van der Waals surface area contributed by atoms with E-state index in [-0.39, 0.29) is 6.29 Å². The zero-order valence-electron chi connectivity index (χ0n) is 8.95. The zero-order valence-corrected chi connectivity index (χ0v) is 8.95. The van der Waals surface area contributed by atoms with E-state index in [2.05, 4.69) is 13.8 Å². The number of aldehydes is 1. The van der Waals surface area contributed by atoms with E-state index < -0.39 is 31.0 Å². The highest BCUT2D eigenvalue weighted by Crippen LogP contribution is 2.02. The predicted molar refractivity (Wildman–Crippen MR) is 53.1 cm³/mol. The molecule has 0 bridgehead atoms. The Morgan fingerprint density at radius 2 is 1.47 bits per heavy atom. The fourth-order valence-corrected chi connectivity index (χ4v) is 0.618. The standard InChI is InChI=1S/C6H12O6.C3H8/c7-1-3(9)5(11)6(12)4(10)2-8;1-3-2/h1,3-6,8-12H,2H2;3H2,1-2H3. The molecule has 0 amide bonds. The summed E-state index contributed by atoms with van der Waals surface area (Å²) in [4.78, 5) is 9.90. The lowest BCUT2D eigenvalue weighted by molar-refractivity contribution is -0.136. The summed E-state index contributed by atoms with van der Waals surface area (Å²) in [7, 11) is 0. The van der Waals surface area contributed by atoms with Crippen molar-refractivity contribution in [3.63, 3.8) is 0 Å². The molecule has 5 N–H and O–H groups in total. The number of rotatable bonds is 5. The molecule has 6 heteroatoms. The van der Waals surface area contributed by atoms with Crippen molar-refractivity contribution in [3.05, 3.63) is 0 Å². The summed E-state index contributed by atoms with van der Waals surface area (Å²) in [6.07, 6.45) is -5.59. The second kappa shape index (κ2) is 10.0. The van der Waals surface area contributed by atoms with Gasteiger partial charge < -0.3 is 30.3 Å². The monoisotopic (exact) mass is 224 g/mol. The van der Waals surface area contributed by atoms with E-state index in [1.807, 2.05) is 0 Å². The average molecular weight is 224 g/mol. The molecule has 0 saturated heterocycles. The molecule has 0 aliphatic heterocycles. The number of hydrogen-bond donors (Lipinski definition) is 5. The summed E-state index contributed by atoms with van der Waals surface area (Å²) < 4.78 is 0. The van der Waals surface area contributed by atoms with Crippen LogP contribution in [0.3, 0.4) is 0 Å². The van der Waals surface area contributed by atoms with Crippen LogP contribution in [0.25, 0.3) is 0 Å². The van der Waals surface area contributed by atoms with Crippen LogP contribution in [-0.4, -0.2) is 62.8 Å². The fraction of sp³-hybridized carbons (Fsp3) is 0.889. The molecule has 0 aliphatic carbocycles. The first-order chi connectivity index (χ1) is 6.95. The third-order valence-electron chi connectivity index (χ3n) is 1.42. The molecule has 92 valence electrons. The molecule has 0 radical (unpaired) electrons. The summed E-state index contributed by atoms with van der Waals surface area (Å²) in [5, 5.41) is 43.5. The molecule has 0 aromatic carbocycles. The van der Waals surface area contributed by atoms with Gasteiger partial charge in [0.1, 0.15) is 24.4 Å². The molecule has 6 nitrogen and oxygen atoms in total. The Balaban J connectivity index is 0. The van der Waals surface area contributed by atoms with Gasteiger partial charge in [0.25, 0.3) is 0 Å². The van der Waals surface area contributed by atoms with Crippen molar-refractivity contribution in [2.45, 2.75) is 44.7 Å². The first-order valence-electron chi connectivity index (χ1n) is 4.74. The normalized spacial score (nSPS) is 18.1. The van der Waals surface area contributed by atoms with Crippen LogP contribution >= 0.6 is 0 Å². The quantitative estimate of drug-likeness (QED) is 0.346. The predicted octanol–water partition coefficient (Wildman–Crippen LogP) is -1.96. The largest absolute Gasteiger partial charge is 0.394 e. The van der Waals surface area contributed by atoms with Crippen LogP contribution in [0.5, 0.6) is 0 Å². The molecule has 0 rings (SSSR count). The van der Waals surface area contributed by atoms with E-state index in [9.17, 15) is 4.79 Å². The van der Waals surface area contributed by atoms with E-state index in [1.54, 1.807) is 0 Å². The molecule has 0 aromatic rings. The van der Waals surface area contributed by atoms with Crippen LogP contribution in [0.15, 0.2) is 0 Å². The molecule has 0 saturated carbocycles. The van der Waals surface area contributed by atoms with Gasteiger partial charge in [0.2, 0.25) is 0 Å². The first kappa shape index (κ1) is 16.9. The summed E-state index contributed by atoms with van der Waals surface area (Å²) in [5.41, 5.74) is 0. The van der Waals surface area contributed by atoms with E-state index >= 15 is 0 Å². The molecule has 0 heterocycles. The van der Waals surface area contributed by atoms with Gasteiger partial charge in [-0.1, -0.05) is 20.3 Å². The lowest BCUT2D eigenvalue weighted by atomic mass is 10.0. The van der Waals surface area contributed by atoms with Crippen molar-refractivity contribution in [1.82, 2.24) is 0 Å². The van der Waals surface area contributed by atoms with Gasteiger partial charge in [-0.05, 0) is 0 Å². The van der Waals surface area contributed by atoms with Crippen LogP contribution in [0.4, 0.5) is 0 Å². The Morgan fingerprint density at radius 3 is 1.73 bits per heavy atom. The minimum absolute atomic E-state index is 0.0258. The van der Waals surface area contributed by atoms with E-state index in [0.717, 1.165) is 0 Å². The molecule has 4 atom stereocenters. The van der Waals surface area contributed by atoms with Gasteiger partial charge in [0.05, 0.1) is 6.61 Å². The maximum Gasteiger partial charge on any atom is 0.151 e. The molecule has 0 fully saturated rings. The zero-order chi connectivity index (χ0) is 12.4. The van der Waals surface area contributed by atoms with Gasteiger partial charge in [-0.25, -0.2) is 0 Å². The molecule has 4 unspecified atom stereocenters. The third-order valence-corrected chi connectivity index (χ3v) is 1.42. The van der Waals surface area contributed by atoms with E-state index in [1.165, 1.54) is 6.42 Å². The van der Waals surface area contributed by atoms with Crippen molar-refractivity contribution < 1.29 is 30.3 Å². The van der Waals surface area contributed by atoms with Gasteiger partial charge in [0, 0.05) is 0 Å². The molecule has 15 heavy (non-hydrogen) atoms. The van der Waals surface area contributed by atoms with E-state index in [0.29, 0.717) is 0 Å². The van der Waals surface area contributed by atoms with Gasteiger partial charge in [0.15, 0.2) is 6.29 Å². The number of hydrogen-bond acceptors (Lipinski definition) is 6. The highest BCUT2D eigenvalue weighted by molar-refractivity contribution is 5.56. The van der Waals surface area contributed by atoms with Crippen molar-refractivity contribution in [3.8, 4) is 0 Å². The molecule has 0 aliphatic rings. The summed E-state index contributed by atoms with van der Waals surface area (Å²) in [6.45, 7) is 3.49. The first-order valence-corrected chi connectivity index (χ1v) is 4.74. The van der Waals surface area contributed by atoms with Gasteiger partial charge >= 0.3 is 0 Å². The van der Waals surface area contributed by atoms with Gasteiger partial charge in [-0.15, -0.1) is 0 Å². The molecular formula is C9H20O6. The average Bonchev–Trinajstić information content (AvgIpc) is 2.25. The second-order valence-electron chi connectivity index (χ2n) is 3.06. The Labute approximate surface area is 88.8 Å². The number of carbonyl (C=O) groups is 1. The van der Waals surface area contributed by atoms with E-state index in [4.69, 9.17) is 25.5 Å². The summed E-state index contributed by atoms with van der Waals surface area (Å²) >= 11 is 0. The highest BCUT2D eigenvalue weighted by Gasteiger charge is 2.29. The number of aliphatic hydroxyl groups excluding tert-OH is 5. The Hall–Kier alpha value is -0.530. The Bertz CT molecular complexity index is 152. The maximum absolute atomic E-state index is 9.90. The lowest BCUT2D eigenvalue weighted by Gasteiger charge is -2.22. The van der Waals surface area contributed by atoms with Gasteiger partial charge in [-0.2, -0.15) is 0 Å². The van der Waals surface area contributed by atoms with Crippen molar-refractivity contribution in [2.75, 3.05) is 6.61 Å². The maximum atomic E-state index is 9.90. The third kappa shape index (κ3) is 7.40. The second-order valence-corrected chi connectivity index (χ2v) is 3.06. The lowest BCUT2D eigenvalue weighted by Crippen LogP contribution is -2.46. The highest BCUT2D eigenvalue weighted by atomic mass is 16.4. The Kier molecular flexibility index (Phi) is 11.3. The Morgan fingerprint density at radius 1 is 1.07 bits per heavy atom. The van der Waals surface area contributed by atoms with Crippen molar-refractivity contribution >= 4 is 6.29 Å². The molecule has 0 spiro atoms. The minimum Gasteiger partial charge on any atom is -0.394 e. The SMILES string of the molecule is CCC.O=CC(O)C(O)C(O)C(O)CO. The summed E-state index contributed by atoms with van der Waals surface area (Å²) in [6, 6.07) is 0. The fourth-order valence-electron chi connectivity index (χ4n) is 0.618. The van der Waals surface area contributed by atoms with Crippen molar-refractivity contribution in [2.24, 2.45) is 0 Å². The molecule has 0 aromatic heterocycles. The van der Waals surface area contributed by atoms with Crippen molar-refractivity contribution in [1.29, 1.82) is 0 Å². The summed E-state index contributed by atoms with van der Waals surface area (Å²) in [5.74, 6) is 0. The van der Waals surface area contributed by atoms with Crippen LogP contribution in [0.1, 0.15) is 20.3 Å². The molecular weight excluding hydrogens is 204 g/mol. The van der Waals surface area contributed by atoms with Crippen LogP contribution in [0, 0.1) is 0 Å². The topological polar surface area (TPSA) is 118 Å². The van der Waals surface area contributed by atoms with Gasteiger partial charge in [-0.3, -0.25) is 0 Å². The number of aliphatic hydroxyl groups is 5.